The van der Waals surface area contributed by atoms with Crippen LogP contribution in [0.3, 0.4) is 0 Å². The Balaban J connectivity index is 2.52. The van der Waals surface area contributed by atoms with Gasteiger partial charge in [0.2, 0.25) is 0 Å². The highest BCUT2D eigenvalue weighted by Crippen LogP contribution is 2.31. The van der Waals surface area contributed by atoms with Crippen LogP contribution in [0.4, 0.5) is 4.39 Å². The maximum absolute atomic E-state index is 13.1. The third-order valence-electron chi connectivity index (χ3n) is 2.54. The summed E-state index contributed by atoms with van der Waals surface area (Å²) in [6.07, 6.45) is 3.02. The van der Waals surface area contributed by atoms with Crippen LogP contribution in [0.2, 0.25) is 0 Å². The quantitative estimate of drug-likeness (QED) is 0.746. The molecule has 0 aliphatic heterocycles. The molecule has 1 nitrogen and oxygen atoms in total. The molecule has 0 heterocycles. The number of benzene rings is 1. The standard InChI is InChI=1S/C10H11BrFN/c11-8-5-7-6(4-9(8)12)2-1-3-10(7)13/h4-5,10H,1-3,13H2/t10-/m1/s1. The first kappa shape index (κ1) is 9.16. The van der Waals surface area contributed by atoms with E-state index in [1.165, 1.54) is 0 Å². The van der Waals surface area contributed by atoms with Crippen molar-refractivity contribution in [3.63, 3.8) is 0 Å². The number of hydrogen-bond acceptors (Lipinski definition) is 1. The Morgan fingerprint density at radius 2 is 2.23 bits per heavy atom. The number of fused-ring (bicyclic) bond motifs is 1. The molecule has 0 radical (unpaired) electrons. The lowest BCUT2D eigenvalue weighted by molar-refractivity contribution is 0.558. The lowest BCUT2D eigenvalue weighted by Gasteiger charge is -2.22. The highest BCUT2D eigenvalue weighted by molar-refractivity contribution is 9.10. The number of hydrogen-bond donors (Lipinski definition) is 1. The Bertz CT molecular complexity index is 338. The first-order chi connectivity index (χ1) is 6.18. The van der Waals surface area contributed by atoms with Gasteiger partial charge in [-0.15, -0.1) is 0 Å². The fourth-order valence-electron chi connectivity index (χ4n) is 1.83. The Kier molecular flexibility index (Phi) is 2.39. The summed E-state index contributed by atoms with van der Waals surface area (Å²) in [5.74, 6) is -0.187. The molecule has 0 spiro atoms. The van der Waals surface area contributed by atoms with Crippen LogP contribution < -0.4 is 5.73 Å². The van der Waals surface area contributed by atoms with Gasteiger partial charge < -0.3 is 5.73 Å². The van der Waals surface area contributed by atoms with E-state index in [1.54, 1.807) is 6.07 Å². The number of aryl methyl sites for hydroxylation is 1. The largest absolute Gasteiger partial charge is 0.324 e. The van der Waals surface area contributed by atoms with E-state index in [0.29, 0.717) is 4.47 Å². The maximum atomic E-state index is 13.1. The fourth-order valence-corrected chi connectivity index (χ4v) is 2.19. The SMILES string of the molecule is N[C@@H]1CCCc2cc(F)c(Br)cc21. The second-order valence-electron chi connectivity index (χ2n) is 3.46. The van der Waals surface area contributed by atoms with Crippen molar-refractivity contribution in [3.05, 3.63) is 33.5 Å². The van der Waals surface area contributed by atoms with Crippen molar-refractivity contribution in [1.82, 2.24) is 0 Å². The van der Waals surface area contributed by atoms with Gasteiger partial charge in [0, 0.05) is 6.04 Å². The van der Waals surface area contributed by atoms with Gasteiger partial charge in [-0.1, -0.05) is 0 Å². The van der Waals surface area contributed by atoms with Crippen LogP contribution in [0.5, 0.6) is 0 Å². The molecule has 1 atom stereocenters. The lowest BCUT2D eigenvalue weighted by atomic mass is 9.88. The molecule has 1 aromatic carbocycles. The Morgan fingerprint density at radius 3 is 3.00 bits per heavy atom. The Hall–Kier alpha value is -0.410. The van der Waals surface area contributed by atoms with Gasteiger partial charge in [-0.25, -0.2) is 4.39 Å². The first-order valence-corrected chi connectivity index (χ1v) is 5.21. The predicted octanol–water partition coefficient (Wildman–Crippen LogP) is 2.92. The van der Waals surface area contributed by atoms with E-state index >= 15 is 0 Å². The zero-order valence-corrected chi connectivity index (χ0v) is 8.77. The zero-order valence-electron chi connectivity index (χ0n) is 7.19. The average molecular weight is 244 g/mol. The maximum Gasteiger partial charge on any atom is 0.137 e. The predicted molar refractivity (Wildman–Crippen MR) is 54.0 cm³/mol. The highest BCUT2D eigenvalue weighted by atomic mass is 79.9. The van der Waals surface area contributed by atoms with Gasteiger partial charge in [0.1, 0.15) is 5.82 Å². The summed E-state index contributed by atoms with van der Waals surface area (Å²) in [5, 5.41) is 0. The molecule has 1 aliphatic rings. The third-order valence-corrected chi connectivity index (χ3v) is 3.15. The Labute approximate surface area is 85.3 Å². The monoisotopic (exact) mass is 243 g/mol. The highest BCUT2D eigenvalue weighted by Gasteiger charge is 2.18. The molecule has 1 aromatic rings. The van der Waals surface area contributed by atoms with E-state index in [4.69, 9.17) is 5.73 Å². The van der Waals surface area contributed by atoms with E-state index in [2.05, 4.69) is 15.9 Å². The fraction of sp³-hybridized carbons (Fsp3) is 0.400. The van der Waals surface area contributed by atoms with Crippen molar-refractivity contribution < 1.29 is 4.39 Å². The molecule has 2 N–H and O–H groups in total. The van der Waals surface area contributed by atoms with Crippen molar-refractivity contribution in [3.8, 4) is 0 Å². The van der Waals surface area contributed by atoms with Crippen LogP contribution in [-0.4, -0.2) is 0 Å². The van der Waals surface area contributed by atoms with Gasteiger partial charge in [-0.2, -0.15) is 0 Å². The van der Waals surface area contributed by atoms with E-state index in [9.17, 15) is 4.39 Å². The van der Waals surface area contributed by atoms with Crippen LogP contribution in [0.25, 0.3) is 0 Å². The molecule has 0 aromatic heterocycles. The molecule has 0 unspecified atom stereocenters. The van der Waals surface area contributed by atoms with Crippen molar-refractivity contribution in [2.45, 2.75) is 25.3 Å². The number of nitrogens with two attached hydrogens (primary N) is 1. The Morgan fingerprint density at radius 1 is 1.46 bits per heavy atom. The summed E-state index contributed by atoms with van der Waals surface area (Å²) < 4.78 is 13.7. The minimum absolute atomic E-state index is 0.0839. The summed E-state index contributed by atoms with van der Waals surface area (Å²) in [6, 6.07) is 3.49. The summed E-state index contributed by atoms with van der Waals surface area (Å²) in [7, 11) is 0. The molecule has 0 fully saturated rings. The van der Waals surface area contributed by atoms with Crippen LogP contribution in [0, 0.1) is 5.82 Å². The van der Waals surface area contributed by atoms with Crippen LogP contribution >= 0.6 is 15.9 Å². The second kappa shape index (κ2) is 3.39. The summed E-state index contributed by atoms with van der Waals surface area (Å²) in [5.41, 5.74) is 8.09. The summed E-state index contributed by atoms with van der Waals surface area (Å²) in [6.45, 7) is 0. The molecule has 70 valence electrons. The van der Waals surface area contributed by atoms with Crippen molar-refractivity contribution in [2.75, 3.05) is 0 Å². The average Bonchev–Trinajstić information content (AvgIpc) is 2.09. The van der Waals surface area contributed by atoms with Gasteiger partial charge >= 0.3 is 0 Å². The minimum atomic E-state index is -0.187. The molecular formula is C10H11BrFN. The molecule has 0 saturated heterocycles. The van der Waals surface area contributed by atoms with E-state index in [-0.39, 0.29) is 11.9 Å². The molecule has 0 amide bonds. The van der Waals surface area contributed by atoms with Gasteiger partial charge in [-0.05, 0) is 58.5 Å². The third kappa shape index (κ3) is 1.63. The molecule has 3 heteroatoms. The van der Waals surface area contributed by atoms with Crippen molar-refractivity contribution >= 4 is 15.9 Å². The zero-order chi connectivity index (χ0) is 9.42. The van der Waals surface area contributed by atoms with E-state index in [1.807, 2.05) is 6.07 Å². The number of rotatable bonds is 0. The molecule has 0 saturated carbocycles. The smallest absolute Gasteiger partial charge is 0.137 e. The van der Waals surface area contributed by atoms with Crippen LogP contribution in [-0.2, 0) is 6.42 Å². The normalized spacial score (nSPS) is 21.3. The molecular weight excluding hydrogens is 233 g/mol. The van der Waals surface area contributed by atoms with E-state index in [0.717, 1.165) is 30.4 Å². The molecule has 13 heavy (non-hydrogen) atoms. The molecule has 0 bridgehead atoms. The minimum Gasteiger partial charge on any atom is -0.324 e. The summed E-state index contributed by atoms with van der Waals surface area (Å²) in [4.78, 5) is 0. The summed E-state index contributed by atoms with van der Waals surface area (Å²) >= 11 is 3.17. The first-order valence-electron chi connectivity index (χ1n) is 4.42. The van der Waals surface area contributed by atoms with Gasteiger partial charge in [0.05, 0.1) is 4.47 Å². The second-order valence-corrected chi connectivity index (χ2v) is 4.32. The van der Waals surface area contributed by atoms with Gasteiger partial charge in [0.25, 0.3) is 0 Å². The van der Waals surface area contributed by atoms with Gasteiger partial charge in [0.15, 0.2) is 0 Å². The molecule has 2 rings (SSSR count). The number of halogens is 2. The molecule has 1 aliphatic carbocycles. The van der Waals surface area contributed by atoms with E-state index < -0.39 is 0 Å². The van der Waals surface area contributed by atoms with Crippen molar-refractivity contribution in [2.24, 2.45) is 5.73 Å². The van der Waals surface area contributed by atoms with Crippen molar-refractivity contribution in [1.29, 1.82) is 0 Å². The topological polar surface area (TPSA) is 26.0 Å². The van der Waals surface area contributed by atoms with Crippen LogP contribution in [0.15, 0.2) is 16.6 Å². The van der Waals surface area contributed by atoms with Crippen LogP contribution in [0.1, 0.15) is 30.0 Å². The lowest BCUT2D eigenvalue weighted by Crippen LogP contribution is -2.17. The van der Waals surface area contributed by atoms with Gasteiger partial charge in [-0.3, -0.25) is 0 Å².